The summed E-state index contributed by atoms with van der Waals surface area (Å²) in [6, 6.07) is 7.93. The van der Waals surface area contributed by atoms with E-state index >= 15 is 0 Å². The molecule has 0 N–H and O–H groups in total. The number of rotatable bonds is 4. The lowest BCUT2D eigenvalue weighted by Crippen LogP contribution is -2.30. The van der Waals surface area contributed by atoms with E-state index in [1.54, 1.807) is 0 Å². The van der Waals surface area contributed by atoms with Gasteiger partial charge in [-0.2, -0.15) is 5.10 Å². The average molecular weight is 344 g/mol. The summed E-state index contributed by atoms with van der Waals surface area (Å²) in [4.78, 5) is 14.8. The summed E-state index contributed by atoms with van der Waals surface area (Å²) in [6.07, 6.45) is 7.09. The summed E-state index contributed by atoms with van der Waals surface area (Å²) >= 11 is 5.94. The van der Waals surface area contributed by atoms with E-state index < -0.39 is 0 Å². The SMILES string of the molecule is Cn1cc(C[C@@H]2CCN(C(=O)[C@H]3C[C@H]3c3ccc(Cl)cc3)C2)cn1. The van der Waals surface area contributed by atoms with Crippen molar-refractivity contribution in [1.82, 2.24) is 14.7 Å². The molecule has 5 heteroatoms. The molecule has 2 fully saturated rings. The number of carbonyl (C=O) groups excluding carboxylic acids is 1. The van der Waals surface area contributed by atoms with Gasteiger partial charge in [-0.15, -0.1) is 0 Å². The summed E-state index contributed by atoms with van der Waals surface area (Å²) in [6.45, 7) is 1.78. The van der Waals surface area contributed by atoms with Gasteiger partial charge in [-0.1, -0.05) is 23.7 Å². The first-order valence-electron chi connectivity index (χ1n) is 8.62. The summed E-state index contributed by atoms with van der Waals surface area (Å²) in [5.74, 6) is 1.45. The van der Waals surface area contributed by atoms with E-state index in [1.165, 1.54) is 11.1 Å². The summed E-state index contributed by atoms with van der Waals surface area (Å²) < 4.78 is 1.84. The topological polar surface area (TPSA) is 38.1 Å². The van der Waals surface area contributed by atoms with Crippen LogP contribution in [-0.4, -0.2) is 33.7 Å². The molecule has 2 aromatic rings. The Kier molecular flexibility index (Phi) is 4.09. The van der Waals surface area contributed by atoms with Gasteiger partial charge in [0, 0.05) is 37.3 Å². The van der Waals surface area contributed by atoms with Crippen LogP contribution in [0.15, 0.2) is 36.7 Å². The molecule has 1 aromatic heterocycles. The molecule has 2 aliphatic rings. The van der Waals surface area contributed by atoms with E-state index in [2.05, 4.69) is 28.3 Å². The van der Waals surface area contributed by atoms with Gasteiger partial charge < -0.3 is 4.90 Å². The Morgan fingerprint density at radius 1 is 1.33 bits per heavy atom. The summed E-state index contributed by atoms with van der Waals surface area (Å²) in [5, 5.41) is 4.98. The Bertz CT molecular complexity index is 739. The molecule has 0 unspecified atom stereocenters. The maximum Gasteiger partial charge on any atom is 0.226 e. The van der Waals surface area contributed by atoms with Crippen LogP contribution in [0.5, 0.6) is 0 Å². The van der Waals surface area contributed by atoms with Crippen molar-refractivity contribution < 1.29 is 4.79 Å². The van der Waals surface area contributed by atoms with Crippen LogP contribution in [-0.2, 0) is 18.3 Å². The predicted molar refractivity (Wildman–Crippen MR) is 93.9 cm³/mol. The third-order valence-electron chi connectivity index (χ3n) is 5.29. The Morgan fingerprint density at radius 3 is 2.83 bits per heavy atom. The van der Waals surface area contributed by atoms with Gasteiger partial charge in [-0.25, -0.2) is 0 Å². The fourth-order valence-corrected chi connectivity index (χ4v) is 4.02. The molecule has 0 bridgehead atoms. The number of amides is 1. The van der Waals surface area contributed by atoms with Crippen LogP contribution < -0.4 is 0 Å². The van der Waals surface area contributed by atoms with E-state index in [4.69, 9.17) is 11.6 Å². The number of likely N-dealkylation sites (tertiary alicyclic amines) is 1. The van der Waals surface area contributed by atoms with Gasteiger partial charge in [0.1, 0.15) is 0 Å². The number of carbonyl (C=O) groups is 1. The lowest BCUT2D eigenvalue weighted by molar-refractivity contribution is -0.131. The number of aromatic nitrogens is 2. The van der Waals surface area contributed by atoms with Gasteiger partial charge in [-0.3, -0.25) is 9.48 Å². The zero-order valence-corrected chi connectivity index (χ0v) is 14.6. The van der Waals surface area contributed by atoms with Crippen molar-refractivity contribution in [1.29, 1.82) is 0 Å². The fraction of sp³-hybridized carbons (Fsp3) is 0.474. The van der Waals surface area contributed by atoms with Gasteiger partial charge in [0.25, 0.3) is 0 Å². The third-order valence-corrected chi connectivity index (χ3v) is 5.54. The molecule has 1 aliphatic carbocycles. The van der Waals surface area contributed by atoms with Crippen molar-refractivity contribution in [2.45, 2.75) is 25.2 Å². The maximum absolute atomic E-state index is 12.7. The standard InChI is InChI=1S/C19H22ClN3O/c1-22-11-14(10-21-22)8-13-6-7-23(12-13)19(24)18-9-17(18)15-2-4-16(20)5-3-15/h2-5,10-11,13,17-18H,6-9,12H2,1H3/t13-,17-,18-/m0/s1. The minimum atomic E-state index is 0.170. The molecule has 24 heavy (non-hydrogen) atoms. The summed E-state index contributed by atoms with van der Waals surface area (Å²) in [5.41, 5.74) is 2.51. The van der Waals surface area contributed by atoms with Crippen molar-refractivity contribution in [3.8, 4) is 0 Å². The van der Waals surface area contributed by atoms with Crippen LogP contribution in [0.2, 0.25) is 5.02 Å². The number of hydrogen-bond donors (Lipinski definition) is 0. The molecule has 4 nitrogen and oxygen atoms in total. The number of halogens is 1. The van der Waals surface area contributed by atoms with Crippen molar-refractivity contribution >= 4 is 17.5 Å². The zero-order chi connectivity index (χ0) is 16.7. The second-order valence-corrected chi connectivity index (χ2v) is 7.60. The van der Waals surface area contributed by atoms with E-state index in [-0.39, 0.29) is 5.92 Å². The van der Waals surface area contributed by atoms with Crippen LogP contribution >= 0.6 is 11.6 Å². The highest BCUT2D eigenvalue weighted by atomic mass is 35.5. The molecule has 1 amide bonds. The molecular weight excluding hydrogens is 322 g/mol. The van der Waals surface area contributed by atoms with Crippen LogP contribution in [0.25, 0.3) is 0 Å². The van der Waals surface area contributed by atoms with E-state index in [0.29, 0.717) is 17.7 Å². The minimum absolute atomic E-state index is 0.170. The maximum atomic E-state index is 12.7. The molecule has 0 spiro atoms. The Balaban J connectivity index is 1.32. The molecule has 1 saturated carbocycles. The lowest BCUT2D eigenvalue weighted by atomic mass is 10.0. The van der Waals surface area contributed by atoms with E-state index in [0.717, 1.165) is 37.4 Å². The van der Waals surface area contributed by atoms with Crippen molar-refractivity contribution in [3.63, 3.8) is 0 Å². The number of hydrogen-bond acceptors (Lipinski definition) is 2. The number of benzene rings is 1. The first-order chi connectivity index (χ1) is 11.6. The Hall–Kier alpha value is -1.81. The van der Waals surface area contributed by atoms with Crippen molar-refractivity contribution in [2.75, 3.05) is 13.1 Å². The molecule has 1 saturated heterocycles. The van der Waals surface area contributed by atoms with Gasteiger partial charge in [-0.05, 0) is 54.4 Å². The zero-order valence-electron chi connectivity index (χ0n) is 13.9. The first kappa shape index (κ1) is 15.7. The molecule has 4 rings (SSSR count). The second-order valence-electron chi connectivity index (χ2n) is 7.17. The largest absolute Gasteiger partial charge is 0.342 e. The second kappa shape index (κ2) is 6.25. The minimum Gasteiger partial charge on any atom is -0.342 e. The van der Waals surface area contributed by atoms with Gasteiger partial charge in [0.2, 0.25) is 5.91 Å². The molecular formula is C19H22ClN3O. The molecule has 126 valence electrons. The highest BCUT2D eigenvalue weighted by Gasteiger charge is 2.46. The smallest absolute Gasteiger partial charge is 0.226 e. The normalized spacial score (nSPS) is 25.9. The van der Waals surface area contributed by atoms with Crippen molar-refractivity contribution in [3.05, 3.63) is 52.8 Å². The third kappa shape index (κ3) is 3.20. The van der Waals surface area contributed by atoms with Crippen molar-refractivity contribution in [2.24, 2.45) is 18.9 Å². The van der Waals surface area contributed by atoms with Crippen LogP contribution in [0.4, 0.5) is 0 Å². The quantitative estimate of drug-likeness (QED) is 0.854. The van der Waals surface area contributed by atoms with Crippen LogP contribution in [0.3, 0.4) is 0 Å². The number of nitrogens with zero attached hydrogens (tertiary/aromatic N) is 3. The van der Waals surface area contributed by atoms with Crippen LogP contribution in [0, 0.1) is 11.8 Å². The molecule has 1 aromatic carbocycles. The molecule has 1 aliphatic heterocycles. The number of aryl methyl sites for hydroxylation is 1. The first-order valence-corrected chi connectivity index (χ1v) is 8.99. The van der Waals surface area contributed by atoms with Gasteiger partial charge in [0.05, 0.1) is 6.20 Å². The molecule has 0 radical (unpaired) electrons. The van der Waals surface area contributed by atoms with Gasteiger partial charge in [0.15, 0.2) is 0 Å². The lowest BCUT2D eigenvalue weighted by Gasteiger charge is -2.16. The molecule has 3 atom stereocenters. The van der Waals surface area contributed by atoms with Crippen LogP contribution in [0.1, 0.15) is 29.9 Å². The summed E-state index contributed by atoms with van der Waals surface area (Å²) in [7, 11) is 1.94. The molecule has 2 heterocycles. The monoisotopic (exact) mass is 343 g/mol. The van der Waals surface area contributed by atoms with E-state index in [9.17, 15) is 4.79 Å². The highest BCUT2D eigenvalue weighted by Crippen LogP contribution is 2.49. The fourth-order valence-electron chi connectivity index (χ4n) is 3.89. The highest BCUT2D eigenvalue weighted by molar-refractivity contribution is 6.30. The average Bonchev–Trinajstić information content (AvgIpc) is 3.05. The van der Waals surface area contributed by atoms with E-state index in [1.807, 2.05) is 30.1 Å². The Labute approximate surface area is 147 Å². The Morgan fingerprint density at radius 2 is 2.12 bits per heavy atom. The predicted octanol–water partition coefficient (Wildman–Crippen LogP) is 3.27. The van der Waals surface area contributed by atoms with Gasteiger partial charge >= 0.3 is 0 Å².